The molecule has 2 amide bonds. The van der Waals surface area contributed by atoms with Gasteiger partial charge in [-0.15, -0.1) is 0 Å². The van der Waals surface area contributed by atoms with Gasteiger partial charge in [-0.25, -0.2) is 13.6 Å². The predicted molar refractivity (Wildman–Crippen MR) is 93.3 cm³/mol. The van der Waals surface area contributed by atoms with E-state index in [1.54, 1.807) is 19.0 Å². The van der Waals surface area contributed by atoms with Crippen LogP contribution in [0.3, 0.4) is 0 Å². The van der Waals surface area contributed by atoms with Gasteiger partial charge >= 0.3 is 6.03 Å². The summed E-state index contributed by atoms with van der Waals surface area (Å²) in [6.07, 6.45) is 0.539. The van der Waals surface area contributed by atoms with Crippen molar-refractivity contribution in [2.24, 2.45) is 0 Å². The Morgan fingerprint density at radius 3 is 2.48 bits per heavy atom. The van der Waals surface area contributed by atoms with Crippen molar-refractivity contribution in [1.82, 2.24) is 9.80 Å². The quantitative estimate of drug-likeness (QED) is 0.794. The minimum atomic E-state index is -0.577. The molecule has 2 aromatic rings. The summed E-state index contributed by atoms with van der Waals surface area (Å²) in [6, 6.07) is 13.1. The SMILES string of the molecule is CN(C)C(=O)N1CC(c2cc(F)ccc2F)C[C@@]1(C)c1ccccc1. The van der Waals surface area contributed by atoms with Gasteiger partial charge in [0.25, 0.3) is 0 Å². The van der Waals surface area contributed by atoms with Gasteiger partial charge in [0, 0.05) is 26.6 Å². The lowest BCUT2D eigenvalue weighted by atomic mass is 9.84. The van der Waals surface area contributed by atoms with Gasteiger partial charge in [0.15, 0.2) is 0 Å². The molecule has 5 heteroatoms. The summed E-state index contributed by atoms with van der Waals surface area (Å²) in [5, 5.41) is 0. The van der Waals surface area contributed by atoms with Crippen LogP contribution in [0.2, 0.25) is 0 Å². The van der Waals surface area contributed by atoms with Gasteiger partial charge in [-0.3, -0.25) is 0 Å². The molecule has 0 aliphatic carbocycles. The van der Waals surface area contributed by atoms with Gasteiger partial charge < -0.3 is 9.80 Å². The maximum atomic E-state index is 14.3. The number of benzene rings is 2. The van der Waals surface area contributed by atoms with Crippen LogP contribution in [0.5, 0.6) is 0 Å². The van der Waals surface area contributed by atoms with E-state index in [1.807, 2.05) is 37.3 Å². The Morgan fingerprint density at radius 1 is 1.16 bits per heavy atom. The monoisotopic (exact) mass is 344 g/mol. The number of halogens is 2. The Hall–Kier alpha value is -2.43. The lowest BCUT2D eigenvalue weighted by Crippen LogP contribution is -2.47. The molecule has 1 saturated heterocycles. The zero-order chi connectivity index (χ0) is 18.2. The molecule has 1 fully saturated rings. The second kappa shape index (κ2) is 6.47. The first-order valence-electron chi connectivity index (χ1n) is 8.32. The van der Waals surface area contributed by atoms with Gasteiger partial charge in [0.2, 0.25) is 0 Å². The first-order chi connectivity index (χ1) is 11.8. The highest BCUT2D eigenvalue weighted by molar-refractivity contribution is 5.75. The Kier molecular flexibility index (Phi) is 4.50. The predicted octanol–water partition coefficient (Wildman–Crippen LogP) is 4.35. The van der Waals surface area contributed by atoms with Crippen molar-refractivity contribution in [2.75, 3.05) is 20.6 Å². The highest BCUT2D eigenvalue weighted by Gasteiger charge is 2.47. The molecule has 0 aromatic heterocycles. The number of likely N-dealkylation sites (tertiary alicyclic amines) is 1. The van der Waals surface area contributed by atoms with Crippen LogP contribution in [-0.2, 0) is 5.54 Å². The Bertz CT molecular complexity index is 779. The molecule has 132 valence electrons. The standard InChI is InChI=1S/C20H22F2N2O/c1-20(15-7-5-4-6-8-15)12-14(13-24(20)19(25)23(2)3)17-11-16(21)9-10-18(17)22/h4-11,14H,12-13H2,1-3H3/t14?,20-/m0/s1. The number of hydrogen-bond acceptors (Lipinski definition) is 1. The lowest BCUT2D eigenvalue weighted by Gasteiger charge is -2.37. The van der Waals surface area contributed by atoms with Gasteiger partial charge in [0.1, 0.15) is 11.6 Å². The number of hydrogen-bond donors (Lipinski definition) is 0. The van der Waals surface area contributed by atoms with Crippen molar-refractivity contribution in [1.29, 1.82) is 0 Å². The van der Waals surface area contributed by atoms with Crippen LogP contribution in [0, 0.1) is 11.6 Å². The molecule has 0 radical (unpaired) electrons. The Morgan fingerprint density at radius 2 is 1.84 bits per heavy atom. The Labute approximate surface area is 146 Å². The molecule has 3 nitrogen and oxygen atoms in total. The van der Waals surface area contributed by atoms with E-state index in [1.165, 1.54) is 11.0 Å². The van der Waals surface area contributed by atoms with Gasteiger partial charge in [-0.2, -0.15) is 0 Å². The van der Waals surface area contributed by atoms with E-state index < -0.39 is 17.2 Å². The maximum absolute atomic E-state index is 14.3. The second-order valence-electron chi connectivity index (χ2n) is 6.99. The van der Waals surface area contributed by atoms with Crippen LogP contribution in [0.4, 0.5) is 13.6 Å². The topological polar surface area (TPSA) is 23.6 Å². The van der Waals surface area contributed by atoms with E-state index >= 15 is 0 Å². The van der Waals surface area contributed by atoms with Gasteiger partial charge in [-0.1, -0.05) is 30.3 Å². The maximum Gasteiger partial charge on any atom is 0.320 e. The lowest BCUT2D eigenvalue weighted by molar-refractivity contribution is 0.132. The third-order valence-corrected chi connectivity index (χ3v) is 5.05. The highest BCUT2D eigenvalue weighted by Crippen LogP contribution is 2.46. The molecule has 2 atom stereocenters. The van der Waals surface area contributed by atoms with Crippen LogP contribution in [0.15, 0.2) is 48.5 Å². The average Bonchev–Trinajstić information content (AvgIpc) is 2.95. The van der Waals surface area contributed by atoms with Crippen LogP contribution in [0.25, 0.3) is 0 Å². The number of nitrogens with zero attached hydrogens (tertiary/aromatic N) is 2. The van der Waals surface area contributed by atoms with E-state index in [4.69, 9.17) is 0 Å². The molecule has 1 unspecified atom stereocenters. The van der Waals surface area contributed by atoms with Crippen LogP contribution in [-0.4, -0.2) is 36.5 Å². The molecular formula is C20H22F2N2O. The number of urea groups is 1. The van der Waals surface area contributed by atoms with Crippen LogP contribution >= 0.6 is 0 Å². The van der Waals surface area contributed by atoms with Crippen LogP contribution in [0.1, 0.15) is 30.4 Å². The van der Waals surface area contributed by atoms with E-state index in [2.05, 4.69) is 0 Å². The fourth-order valence-electron chi connectivity index (χ4n) is 3.71. The molecule has 1 heterocycles. The minimum absolute atomic E-state index is 0.134. The fraction of sp³-hybridized carbons (Fsp3) is 0.350. The summed E-state index contributed by atoms with van der Waals surface area (Å²) >= 11 is 0. The average molecular weight is 344 g/mol. The molecule has 1 aliphatic rings. The van der Waals surface area contributed by atoms with Gasteiger partial charge in [-0.05, 0) is 42.7 Å². The van der Waals surface area contributed by atoms with Crippen molar-refractivity contribution >= 4 is 6.03 Å². The summed E-state index contributed by atoms with van der Waals surface area (Å²) in [4.78, 5) is 16.0. The minimum Gasteiger partial charge on any atom is -0.331 e. The smallest absolute Gasteiger partial charge is 0.320 e. The normalized spacial score (nSPS) is 22.9. The molecule has 0 spiro atoms. The highest BCUT2D eigenvalue weighted by atomic mass is 19.1. The van der Waals surface area contributed by atoms with Crippen molar-refractivity contribution in [2.45, 2.75) is 24.8 Å². The molecule has 0 saturated carbocycles. The van der Waals surface area contributed by atoms with E-state index in [0.29, 0.717) is 18.5 Å². The van der Waals surface area contributed by atoms with E-state index in [-0.39, 0.29) is 11.9 Å². The first-order valence-corrected chi connectivity index (χ1v) is 8.32. The van der Waals surface area contributed by atoms with Crippen molar-refractivity contribution in [3.63, 3.8) is 0 Å². The first kappa shape index (κ1) is 17.4. The molecule has 0 N–H and O–H groups in total. The largest absolute Gasteiger partial charge is 0.331 e. The third-order valence-electron chi connectivity index (χ3n) is 5.05. The molecule has 0 bridgehead atoms. The van der Waals surface area contributed by atoms with E-state index in [0.717, 1.165) is 17.7 Å². The molecule has 2 aromatic carbocycles. The number of carbonyl (C=O) groups is 1. The zero-order valence-electron chi connectivity index (χ0n) is 14.7. The van der Waals surface area contributed by atoms with Gasteiger partial charge in [0.05, 0.1) is 5.54 Å². The van der Waals surface area contributed by atoms with Crippen molar-refractivity contribution in [3.05, 3.63) is 71.3 Å². The summed E-state index contributed by atoms with van der Waals surface area (Å²) in [7, 11) is 3.40. The fourth-order valence-corrected chi connectivity index (χ4v) is 3.71. The third kappa shape index (κ3) is 3.11. The van der Waals surface area contributed by atoms with Crippen molar-refractivity contribution in [3.8, 4) is 0 Å². The molecule has 3 rings (SSSR count). The summed E-state index contributed by atoms with van der Waals surface area (Å²) in [5.74, 6) is -1.15. The second-order valence-corrected chi connectivity index (χ2v) is 6.99. The Balaban J connectivity index is 2.04. The molecular weight excluding hydrogens is 322 g/mol. The number of rotatable bonds is 2. The summed E-state index contributed by atoms with van der Waals surface area (Å²) in [6.45, 7) is 2.34. The van der Waals surface area contributed by atoms with E-state index in [9.17, 15) is 13.6 Å². The summed E-state index contributed by atoms with van der Waals surface area (Å²) in [5.41, 5.74) is 0.743. The molecule has 1 aliphatic heterocycles. The zero-order valence-corrected chi connectivity index (χ0v) is 14.7. The summed E-state index contributed by atoms with van der Waals surface area (Å²) < 4.78 is 27.9. The number of carbonyl (C=O) groups excluding carboxylic acids is 1. The van der Waals surface area contributed by atoms with Crippen LogP contribution < -0.4 is 0 Å². The molecule has 25 heavy (non-hydrogen) atoms. The number of amides is 2. The van der Waals surface area contributed by atoms with Crippen molar-refractivity contribution < 1.29 is 13.6 Å².